The van der Waals surface area contributed by atoms with Crippen LogP contribution < -0.4 is 5.45 Å². The number of rotatable bonds is 7. The smallest absolute Gasteiger partial charge is 0.369 e. The zero-order chi connectivity index (χ0) is 13.7. The van der Waals surface area contributed by atoms with Crippen LogP contribution in [0.2, 0.25) is 0 Å². The highest BCUT2D eigenvalue weighted by molar-refractivity contribution is 6.74. The molecule has 2 aromatic rings. The Morgan fingerprint density at radius 1 is 1.00 bits per heavy atom. The number of para-hydroxylation sites is 2. The van der Waals surface area contributed by atoms with E-state index < -0.39 is 8.80 Å². The molecule has 0 spiro atoms. The molecule has 19 heavy (non-hydrogen) atoms. The van der Waals surface area contributed by atoms with E-state index in [1.54, 1.807) is 0 Å². The first kappa shape index (κ1) is 14.2. The van der Waals surface area contributed by atoms with Crippen LogP contribution in [-0.2, 0) is 13.3 Å². The van der Waals surface area contributed by atoms with Gasteiger partial charge >= 0.3 is 8.80 Å². The largest absolute Gasteiger partial charge is 0.574 e. The fourth-order valence-corrected chi connectivity index (χ4v) is 4.34. The molecule has 0 aliphatic carbocycles. The Bertz CT molecular complexity index is 479. The summed E-state index contributed by atoms with van der Waals surface area (Å²) in [6.07, 6.45) is 0. The molecule has 5 nitrogen and oxygen atoms in total. The Hall–Kier alpha value is -1.21. The van der Waals surface area contributed by atoms with Gasteiger partial charge in [-0.2, -0.15) is 0 Å². The average Bonchev–Trinajstić information content (AvgIpc) is 2.83. The number of H-pyrrole nitrogens is 1. The summed E-state index contributed by atoms with van der Waals surface area (Å²) in [5.74, 6) is 0. The summed E-state index contributed by atoms with van der Waals surface area (Å²) < 4.78 is 17.5. The molecule has 0 unspecified atom stereocenters. The molecule has 104 valence electrons. The summed E-state index contributed by atoms with van der Waals surface area (Å²) in [4.78, 5) is 7.84. The van der Waals surface area contributed by atoms with Crippen molar-refractivity contribution in [3.8, 4) is 0 Å². The van der Waals surface area contributed by atoms with Crippen molar-refractivity contribution >= 4 is 25.3 Å². The molecule has 0 radical (unpaired) electrons. The SMILES string of the molecule is CCO[Si](OCC)(OCC)c1nc2ccccc2[nH]1. The van der Waals surface area contributed by atoms with Gasteiger partial charge in [-0.05, 0) is 32.9 Å². The Morgan fingerprint density at radius 2 is 1.58 bits per heavy atom. The lowest BCUT2D eigenvalue weighted by molar-refractivity contribution is 0.0843. The summed E-state index contributed by atoms with van der Waals surface area (Å²) in [6, 6.07) is 7.86. The molecule has 1 aromatic heterocycles. The van der Waals surface area contributed by atoms with Gasteiger partial charge in [0.25, 0.3) is 0 Å². The highest BCUT2D eigenvalue weighted by atomic mass is 28.4. The molecule has 0 atom stereocenters. The first-order chi connectivity index (χ1) is 9.25. The van der Waals surface area contributed by atoms with E-state index in [1.165, 1.54) is 0 Å². The van der Waals surface area contributed by atoms with Gasteiger partial charge in [0.2, 0.25) is 0 Å². The molecule has 0 aliphatic heterocycles. The first-order valence-corrected chi connectivity index (χ1v) is 8.35. The lowest BCUT2D eigenvalue weighted by atomic mass is 10.3. The summed E-state index contributed by atoms with van der Waals surface area (Å²) in [7, 11) is -2.92. The number of aromatic nitrogens is 2. The third-order valence-electron chi connectivity index (χ3n) is 2.68. The zero-order valence-corrected chi connectivity index (χ0v) is 12.6. The molecule has 6 heteroatoms. The molecule has 0 bridgehead atoms. The summed E-state index contributed by atoms with van der Waals surface area (Å²) in [5, 5.41) is 0. The van der Waals surface area contributed by atoms with Crippen LogP contribution in [0.15, 0.2) is 24.3 Å². The minimum Gasteiger partial charge on any atom is -0.369 e. The number of nitrogens with one attached hydrogen (secondary N) is 1. The van der Waals surface area contributed by atoms with Crippen molar-refractivity contribution in [1.82, 2.24) is 9.97 Å². The number of nitrogens with zero attached hydrogens (tertiary/aromatic N) is 1. The van der Waals surface area contributed by atoms with Crippen LogP contribution in [0.5, 0.6) is 0 Å². The van der Waals surface area contributed by atoms with Crippen molar-refractivity contribution in [2.75, 3.05) is 19.8 Å². The van der Waals surface area contributed by atoms with E-state index in [0.717, 1.165) is 11.0 Å². The maximum atomic E-state index is 5.83. The van der Waals surface area contributed by atoms with E-state index >= 15 is 0 Å². The zero-order valence-electron chi connectivity index (χ0n) is 11.6. The standard InChI is InChI=1S/C13H20N2O3Si/c1-4-16-19(17-5-2,18-6-3)13-14-11-9-7-8-10-12(11)15-13/h7-10H,4-6H2,1-3H3,(H,14,15). The van der Waals surface area contributed by atoms with Gasteiger partial charge in [-0.3, -0.25) is 0 Å². The average molecular weight is 280 g/mol. The molecule has 0 saturated heterocycles. The molecular weight excluding hydrogens is 260 g/mol. The van der Waals surface area contributed by atoms with Gasteiger partial charge in [0.15, 0.2) is 5.45 Å². The number of fused-ring (bicyclic) bond motifs is 1. The Kier molecular flexibility index (Phi) is 4.70. The van der Waals surface area contributed by atoms with Gasteiger partial charge in [0.05, 0.1) is 11.0 Å². The summed E-state index contributed by atoms with van der Waals surface area (Å²) in [5.41, 5.74) is 2.54. The lowest BCUT2D eigenvalue weighted by Gasteiger charge is -2.26. The van der Waals surface area contributed by atoms with Crippen LogP contribution in [0.3, 0.4) is 0 Å². The van der Waals surface area contributed by atoms with Crippen molar-refractivity contribution in [3.05, 3.63) is 24.3 Å². The molecule has 2 rings (SSSR count). The molecule has 1 heterocycles. The predicted molar refractivity (Wildman–Crippen MR) is 76.4 cm³/mol. The third-order valence-corrected chi connectivity index (χ3v) is 5.51. The number of hydrogen-bond donors (Lipinski definition) is 1. The van der Waals surface area contributed by atoms with E-state index in [2.05, 4.69) is 9.97 Å². The molecule has 0 amide bonds. The van der Waals surface area contributed by atoms with Crippen LogP contribution in [-0.4, -0.2) is 38.6 Å². The van der Waals surface area contributed by atoms with E-state index in [0.29, 0.717) is 25.3 Å². The predicted octanol–water partition coefficient (Wildman–Crippen LogP) is 1.82. The number of hydrogen-bond acceptors (Lipinski definition) is 4. The highest BCUT2D eigenvalue weighted by Gasteiger charge is 2.46. The van der Waals surface area contributed by atoms with Gasteiger partial charge in [0.1, 0.15) is 0 Å². The molecule has 0 saturated carbocycles. The van der Waals surface area contributed by atoms with Gasteiger partial charge < -0.3 is 18.3 Å². The minimum absolute atomic E-state index is 0.531. The highest BCUT2D eigenvalue weighted by Crippen LogP contribution is 2.13. The molecule has 0 fully saturated rings. The van der Waals surface area contributed by atoms with E-state index in [1.807, 2.05) is 45.0 Å². The molecular formula is C13H20N2O3Si. The minimum atomic E-state index is -2.92. The van der Waals surface area contributed by atoms with Crippen LogP contribution >= 0.6 is 0 Å². The van der Waals surface area contributed by atoms with E-state index in [-0.39, 0.29) is 0 Å². The number of aromatic amines is 1. The second-order valence-corrected chi connectivity index (χ2v) is 6.41. The number of imidazole rings is 1. The van der Waals surface area contributed by atoms with Crippen LogP contribution in [0, 0.1) is 0 Å². The Labute approximate surface area is 114 Å². The normalized spacial score (nSPS) is 12.2. The van der Waals surface area contributed by atoms with Gasteiger partial charge in [-0.25, -0.2) is 4.98 Å². The first-order valence-electron chi connectivity index (χ1n) is 6.62. The van der Waals surface area contributed by atoms with Crippen LogP contribution in [0.4, 0.5) is 0 Å². The topological polar surface area (TPSA) is 56.4 Å². The van der Waals surface area contributed by atoms with Crippen LogP contribution in [0.1, 0.15) is 20.8 Å². The molecule has 1 aromatic carbocycles. The Morgan fingerprint density at radius 3 is 2.11 bits per heavy atom. The monoisotopic (exact) mass is 280 g/mol. The van der Waals surface area contributed by atoms with Gasteiger partial charge in [0, 0.05) is 19.8 Å². The van der Waals surface area contributed by atoms with Crippen LogP contribution in [0.25, 0.3) is 11.0 Å². The maximum Gasteiger partial charge on any atom is 0.574 e. The molecule has 1 N–H and O–H groups in total. The van der Waals surface area contributed by atoms with Crippen molar-refractivity contribution < 1.29 is 13.3 Å². The third kappa shape index (κ3) is 2.87. The maximum absolute atomic E-state index is 5.83. The molecule has 0 aliphatic rings. The summed E-state index contributed by atoms with van der Waals surface area (Å²) >= 11 is 0. The quantitative estimate of drug-likeness (QED) is 0.786. The van der Waals surface area contributed by atoms with Crippen molar-refractivity contribution in [2.24, 2.45) is 0 Å². The summed E-state index contributed by atoms with van der Waals surface area (Å²) in [6.45, 7) is 7.39. The van der Waals surface area contributed by atoms with Gasteiger partial charge in [-0.15, -0.1) is 0 Å². The van der Waals surface area contributed by atoms with Crippen molar-refractivity contribution in [1.29, 1.82) is 0 Å². The lowest BCUT2D eigenvalue weighted by Crippen LogP contribution is -2.58. The fraction of sp³-hybridized carbons (Fsp3) is 0.462. The van der Waals surface area contributed by atoms with Crippen molar-refractivity contribution in [2.45, 2.75) is 20.8 Å². The van der Waals surface area contributed by atoms with Gasteiger partial charge in [-0.1, -0.05) is 12.1 Å². The van der Waals surface area contributed by atoms with E-state index in [9.17, 15) is 0 Å². The van der Waals surface area contributed by atoms with Crippen molar-refractivity contribution in [3.63, 3.8) is 0 Å². The second kappa shape index (κ2) is 6.29. The Balaban J connectivity index is 2.45. The van der Waals surface area contributed by atoms with E-state index in [4.69, 9.17) is 13.3 Å². The second-order valence-electron chi connectivity index (χ2n) is 3.96. The number of benzene rings is 1. The fourth-order valence-electron chi connectivity index (χ4n) is 2.00.